The highest BCUT2D eigenvalue weighted by atomic mass is 31.2. The summed E-state index contributed by atoms with van der Waals surface area (Å²) in [5.74, 6) is 1.15. The van der Waals surface area contributed by atoms with Crippen molar-refractivity contribution in [2.75, 3.05) is 30.6 Å². The molecule has 0 saturated heterocycles. The Kier molecular flexibility index (Phi) is 29.2. The van der Waals surface area contributed by atoms with Crippen LogP contribution in [0.15, 0.2) is 0 Å². The Morgan fingerprint density at radius 1 is 0.389 bits per heavy atom. The van der Waals surface area contributed by atoms with Crippen LogP contribution < -0.4 is 0 Å². The molecule has 0 aliphatic rings. The van der Waals surface area contributed by atoms with Crippen LogP contribution in [0.4, 0.5) is 0 Å². The number of unbranched alkanes of at least 4 members (excludes halogenated alkanes) is 20. The minimum Gasteiger partial charge on any atom is -0.323 e. The van der Waals surface area contributed by atoms with Gasteiger partial charge in [-0.25, -0.2) is 0 Å². The van der Waals surface area contributed by atoms with Crippen molar-refractivity contribution >= 4 is 15.1 Å². The fraction of sp³-hybridized carbons (Fsp3) is 1.00. The molecule has 0 atom stereocenters. The summed E-state index contributed by atoms with van der Waals surface area (Å²) in [7, 11) is -2.01. The van der Waals surface area contributed by atoms with Crippen LogP contribution in [0.3, 0.4) is 0 Å². The van der Waals surface area contributed by atoms with Gasteiger partial charge in [0.15, 0.2) is 0 Å². The lowest BCUT2D eigenvalue weighted by Gasteiger charge is -2.26. The van der Waals surface area contributed by atoms with E-state index in [4.69, 9.17) is 0 Å². The molecule has 0 unspecified atom stereocenters. The third-order valence-electron chi connectivity index (χ3n) is 7.95. The van der Waals surface area contributed by atoms with E-state index in [9.17, 15) is 4.57 Å². The Morgan fingerprint density at radius 2 is 0.667 bits per heavy atom. The predicted octanol–water partition coefficient (Wildman–Crippen LogP) is 13.2. The molecule has 0 aromatic heterocycles. The first-order valence-corrected chi connectivity index (χ1v) is 21.1. The third kappa shape index (κ3) is 25.0. The zero-order valence-electron chi connectivity index (χ0n) is 25.8. The first-order chi connectivity index (χ1) is 17.6. The monoisotopic (exact) mass is 544 g/mol. The van der Waals surface area contributed by atoms with E-state index < -0.39 is 7.14 Å². The second-order valence-electron chi connectivity index (χ2n) is 11.8. The van der Waals surface area contributed by atoms with Gasteiger partial charge in [-0.15, -0.1) is 0 Å². The van der Waals surface area contributed by atoms with E-state index in [0.717, 1.165) is 18.2 Å². The molecular weight excluding hydrogens is 474 g/mol. The molecule has 0 aromatic rings. The van der Waals surface area contributed by atoms with Gasteiger partial charge >= 0.3 is 0 Å². The second kappa shape index (κ2) is 28.7. The SMILES string of the molecule is CCCCCCCCP(CCCCCCCC)CP(=O)(CCCCCCCC)CCCCCCCC. The van der Waals surface area contributed by atoms with Gasteiger partial charge in [-0.05, 0) is 38.0 Å². The van der Waals surface area contributed by atoms with Gasteiger partial charge in [0.05, 0.1) is 7.14 Å². The average molecular weight is 545 g/mol. The molecular formula is C33H70OP2. The van der Waals surface area contributed by atoms with E-state index in [1.54, 1.807) is 0 Å². The standard InChI is InChI=1S/C33H70OP2/c1-5-9-13-17-21-25-29-35(30-26-22-18-14-10-6-2)33-36(34,31-27-23-19-15-11-7-3)32-28-24-20-16-12-8-4/h5-33H2,1-4H3. The minimum absolute atomic E-state index is 0.0211. The zero-order chi connectivity index (χ0) is 26.6. The van der Waals surface area contributed by atoms with Crippen molar-refractivity contribution in [2.45, 2.75) is 182 Å². The molecule has 3 heteroatoms. The van der Waals surface area contributed by atoms with Crippen LogP contribution in [0.5, 0.6) is 0 Å². The first kappa shape index (κ1) is 36.7. The first-order valence-electron chi connectivity index (χ1n) is 16.9. The Hall–Kier alpha value is 0.660. The van der Waals surface area contributed by atoms with Gasteiger partial charge in [0.2, 0.25) is 0 Å². The summed E-state index contributed by atoms with van der Waals surface area (Å²) in [4.78, 5) is 0. The summed E-state index contributed by atoms with van der Waals surface area (Å²) in [5, 5.41) is 0. The molecule has 0 aliphatic carbocycles. The van der Waals surface area contributed by atoms with Crippen LogP contribution in [0.2, 0.25) is 0 Å². The van der Waals surface area contributed by atoms with Crippen molar-refractivity contribution in [3.63, 3.8) is 0 Å². The van der Waals surface area contributed by atoms with Gasteiger partial charge in [-0.1, -0.05) is 164 Å². The maximum atomic E-state index is 14.4. The highest BCUT2D eigenvalue weighted by Crippen LogP contribution is 2.58. The van der Waals surface area contributed by atoms with Crippen LogP contribution in [-0.4, -0.2) is 30.6 Å². The van der Waals surface area contributed by atoms with E-state index in [-0.39, 0.29) is 7.92 Å². The van der Waals surface area contributed by atoms with Crippen molar-refractivity contribution in [3.05, 3.63) is 0 Å². The van der Waals surface area contributed by atoms with Gasteiger partial charge in [-0.2, -0.15) is 0 Å². The van der Waals surface area contributed by atoms with Crippen LogP contribution in [0.1, 0.15) is 182 Å². The summed E-state index contributed by atoms with van der Waals surface area (Å²) < 4.78 is 14.4. The fourth-order valence-electron chi connectivity index (χ4n) is 5.46. The third-order valence-corrected chi connectivity index (χ3v) is 15.8. The summed E-state index contributed by atoms with van der Waals surface area (Å²) in [5.41, 5.74) is 0. The molecule has 0 heterocycles. The van der Waals surface area contributed by atoms with Crippen LogP contribution >= 0.6 is 15.1 Å². The molecule has 0 N–H and O–H groups in total. The molecule has 0 aromatic carbocycles. The van der Waals surface area contributed by atoms with Gasteiger partial charge < -0.3 is 4.57 Å². The van der Waals surface area contributed by atoms with Crippen LogP contribution in [-0.2, 0) is 4.57 Å². The van der Waals surface area contributed by atoms with Gasteiger partial charge in [-0.3, -0.25) is 0 Å². The Balaban J connectivity index is 4.82. The lowest BCUT2D eigenvalue weighted by molar-refractivity contribution is 0.564. The highest BCUT2D eigenvalue weighted by molar-refractivity contribution is 7.77. The van der Waals surface area contributed by atoms with Gasteiger partial charge in [0.25, 0.3) is 0 Å². The molecule has 0 rings (SSSR count). The van der Waals surface area contributed by atoms with Gasteiger partial charge in [0, 0.05) is 18.2 Å². The number of hydrogen-bond acceptors (Lipinski definition) is 1. The molecule has 0 fully saturated rings. The average Bonchev–Trinajstić information content (AvgIpc) is 2.87. The summed E-state index contributed by atoms with van der Waals surface area (Å²) in [6.07, 6.45) is 37.7. The normalized spacial score (nSPS) is 12.1. The Morgan fingerprint density at radius 3 is 1.00 bits per heavy atom. The maximum Gasteiger partial charge on any atom is 0.0918 e. The summed E-state index contributed by atoms with van der Waals surface area (Å²) in [6, 6.07) is 0. The molecule has 0 aliphatic heterocycles. The molecule has 0 radical (unpaired) electrons. The van der Waals surface area contributed by atoms with E-state index >= 15 is 0 Å². The van der Waals surface area contributed by atoms with E-state index in [1.165, 1.54) is 166 Å². The maximum absolute atomic E-state index is 14.4. The number of hydrogen-bond donors (Lipinski definition) is 0. The Bertz CT molecular complexity index is 429. The molecule has 218 valence electrons. The van der Waals surface area contributed by atoms with E-state index in [0.29, 0.717) is 0 Å². The smallest absolute Gasteiger partial charge is 0.0918 e. The molecule has 0 spiro atoms. The Labute approximate surface area is 231 Å². The fourth-order valence-corrected chi connectivity index (χ4v) is 14.0. The van der Waals surface area contributed by atoms with Crippen LogP contribution in [0.25, 0.3) is 0 Å². The predicted molar refractivity (Wildman–Crippen MR) is 172 cm³/mol. The summed E-state index contributed by atoms with van der Waals surface area (Å²) in [6.45, 7) is 9.21. The molecule has 0 saturated carbocycles. The minimum atomic E-state index is -1.99. The van der Waals surface area contributed by atoms with Crippen molar-refractivity contribution in [2.24, 2.45) is 0 Å². The quantitative estimate of drug-likeness (QED) is 0.0649. The van der Waals surface area contributed by atoms with Crippen molar-refractivity contribution < 1.29 is 4.57 Å². The molecule has 0 bridgehead atoms. The largest absolute Gasteiger partial charge is 0.323 e. The van der Waals surface area contributed by atoms with Crippen molar-refractivity contribution in [1.29, 1.82) is 0 Å². The topological polar surface area (TPSA) is 17.1 Å². The van der Waals surface area contributed by atoms with Crippen molar-refractivity contribution in [3.8, 4) is 0 Å². The number of rotatable bonds is 30. The van der Waals surface area contributed by atoms with Crippen LogP contribution in [0, 0.1) is 0 Å². The molecule has 0 amide bonds. The molecule has 36 heavy (non-hydrogen) atoms. The van der Waals surface area contributed by atoms with E-state index in [2.05, 4.69) is 27.7 Å². The highest BCUT2D eigenvalue weighted by Gasteiger charge is 2.25. The lowest BCUT2D eigenvalue weighted by Crippen LogP contribution is -2.04. The van der Waals surface area contributed by atoms with Gasteiger partial charge in [0.1, 0.15) is 0 Å². The lowest BCUT2D eigenvalue weighted by atomic mass is 10.1. The second-order valence-corrected chi connectivity index (χ2v) is 18.2. The van der Waals surface area contributed by atoms with E-state index in [1.807, 2.05) is 0 Å². The summed E-state index contributed by atoms with van der Waals surface area (Å²) >= 11 is 0. The van der Waals surface area contributed by atoms with Crippen molar-refractivity contribution in [1.82, 2.24) is 0 Å². The zero-order valence-corrected chi connectivity index (χ0v) is 27.6. The molecule has 1 nitrogen and oxygen atoms in total.